The molecule has 3 heteroatoms. The van der Waals surface area contributed by atoms with Crippen LogP contribution in [-0.4, -0.2) is 28.4 Å². The first kappa shape index (κ1) is 9.89. The van der Waals surface area contributed by atoms with Crippen LogP contribution in [0.4, 0.5) is 0 Å². The molecule has 0 aromatic carbocycles. The van der Waals surface area contributed by atoms with Gasteiger partial charge >= 0.3 is 5.97 Å². The number of hydrogen-bond donors (Lipinski definition) is 1. The number of rotatable bonds is 1. The van der Waals surface area contributed by atoms with Crippen LogP contribution in [-0.2, 0) is 4.79 Å². The Morgan fingerprint density at radius 3 is 1.86 bits per heavy atom. The highest BCUT2D eigenvalue weighted by atomic mass is 27.0. The van der Waals surface area contributed by atoms with E-state index in [1.54, 1.807) is 0 Å². The van der Waals surface area contributed by atoms with Crippen molar-refractivity contribution in [1.82, 2.24) is 0 Å². The van der Waals surface area contributed by atoms with Gasteiger partial charge in [0, 0.05) is 22.9 Å². The molecule has 7 heavy (non-hydrogen) atoms. The maximum atomic E-state index is 9.60. The minimum atomic E-state index is -0.935. The lowest BCUT2D eigenvalue weighted by molar-refractivity contribution is -0.132. The molecule has 0 aromatic heterocycles. The fourth-order valence-corrected chi connectivity index (χ4v) is 0. The second-order valence-electron chi connectivity index (χ2n) is 1.09. The average Bonchev–Trinajstić information content (AvgIpc) is 1.36. The summed E-state index contributed by atoms with van der Waals surface area (Å²) in [5, 5.41) is 7.89. The Morgan fingerprint density at radius 2 is 1.86 bits per heavy atom. The summed E-state index contributed by atoms with van der Waals surface area (Å²) >= 11 is 0. The zero-order valence-corrected chi connectivity index (χ0v) is 5.29. The van der Waals surface area contributed by atoms with Gasteiger partial charge in [0.25, 0.3) is 0 Å². The largest absolute Gasteiger partial charge is 0.478 e. The van der Waals surface area contributed by atoms with Crippen LogP contribution >= 0.6 is 0 Å². The Balaban J connectivity index is 0. The SMILES string of the molecule is C=C(C)C(=O)O.[Al]. The van der Waals surface area contributed by atoms with Crippen LogP contribution in [0.3, 0.4) is 0 Å². The normalized spacial score (nSPS) is 6.43. The molecule has 0 aliphatic rings. The van der Waals surface area contributed by atoms with Crippen molar-refractivity contribution in [2.75, 3.05) is 0 Å². The lowest BCUT2D eigenvalue weighted by atomic mass is 10.4. The summed E-state index contributed by atoms with van der Waals surface area (Å²) in [5.74, 6) is -0.935. The van der Waals surface area contributed by atoms with Gasteiger partial charge in [-0.1, -0.05) is 6.58 Å². The van der Waals surface area contributed by atoms with Gasteiger partial charge < -0.3 is 5.11 Å². The zero-order valence-electron chi connectivity index (χ0n) is 4.14. The smallest absolute Gasteiger partial charge is 0.330 e. The van der Waals surface area contributed by atoms with Crippen molar-refractivity contribution in [2.24, 2.45) is 0 Å². The van der Waals surface area contributed by atoms with E-state index in [1.807, 2.05) is 0 Å². The highest BCUT2D eigenvalue weighted by Crippen LogP contribution is 1.81. The topological polar surface area (TPSA) is 37.3 Å². The molecule has 0 amide bonds. The molecular formula is C4H6AlO2. The Hall–Kier alpha value is -0.258. The molecule has 1 N–H and O–H groups in total. The van der Waals surface area contributed by atoms with E-state index >= 15 is 0 Å². The first-order valence-corrected chi connectivity index (χ1v) is 1.53. The van der Waals surface area contributed by atoms with Crippen LogP contribution in [0.15, 0.2) is 12.2 Å². The van der Waals surface area contributed by atoms with Gasteiger partial charge in [0.05, 0.1) is 0 Å². The van der Waals surface area contributed by atoms with Gasteiger partial charge in [0.2, 0.25) is 0 Å². The second-order valence-corrected chi connectivity index (χ2v) is 1.09. The van der Waals surface area contributed by atoms with Crippen molar-refractivity contribution in [3.8, 4) is 0 Å². The molecule has 0 saturated heterocycles. The van der Waals surface area contributed by atoms with Crippen molar-refractivity contribution in [2.45, 2.75) is 6.92 Å². The molecule has 0 unspecified atom stereocenters. The number of hydrogen-bond acceptors (Lipinski definition) is 1. The maximum absolute atomic E-state index is 9.60. The Labute approximate surface area is 53.0 Å². The molecule has 2 nitrogen and oxygen atoms in total. The molecule has 0 saturated carbocycles. The summed E-state index contributed by atoms with van der Waals surface area (Å²) in [6.07, 6.45) is 0. The molecule has 37 valence electrons. The fraction of sp³-hybridized carbons (Fsp3) is 0.250. The minimum absolute atomic E-state index is 0. The molecule has 0 spiro atoms. The first-order valence-electron chi connectivity index (χ1n) is 1.53. The zero-order chi connectivity index (χ0) is 5.15. The van der Waals surface area contributed by atoms with Crippen molar-refractivity contribution in [3.63, 3.8) is 0 Å². The van der Waals surface area contributed by atoms with Gasteiger partial charge in [-0.05, 0) is 6.92 Å². The predicted molar refractivity (Wildman–Crippen MR) is 28.2 cm³/mol. The van der Waals surface area contributed by atoms with E-state index in [2.05, 4.69) is 6.58 Å². The van der Waals surface area contributed by atoms with Crippen molar-refractivity contribution in [1.29, 1.82) is 0 Å². The second kappa shape index (κ2) is 3.92. The molecule has 3 radical (unpaired) electrons. The van der Waals surface area contributed by atoms with E-state index in [0.717, 1.165) is 0 Å². The summed E-state index contributed by atoms with van der Waals surface area (Å²) in [6.45, 7) is 4.60. The fourth-order valence-electron chi connectivity index (χ4n) is 0. The van der Waals surface area contributed by atoms with E-state index in [1.165, 1.54) is 6.92 Å². The standard InChI is InChI=1S/C4H6O2.Al/c1-3(2)4(5)6;/h1H2,2H3,(H,5,6);. The van der Waals surface area contributed by atoms with Crippen LogP contribution in [0.1, 0.15) is 6.92 Å². The van der Waals surface area contributed by atoms with Crippen LogP contribution in [0.5, 0.6) is 0 Å². The average molecular weight is 113 g/mol. The van der Waals surface area contributed by atoms with Crippen molar-refractivity contribution >= 4 is 23.3 Å². The third-order valence-electron chi connectivity index (χ3n) is 0.365. The van der Waals surface area contributed by atoms with Crippen molar-refractivity contribution in [3.05, 3.63) is 12.2 Å². The highest BCUT2D eigenvalue weighted by molar-refractivity contribution is 5.84. The van der Waals surface area contributed by atoms with Crippen molar-refractivity contribution < 1.29 is 9.90 Å². The van der Waals surface area contributed by atoms with Crippen LogP contribution < -0.4 is 0 Å². The molecular weight excluding hydrogens is 107 g/mol. The van der Waals surface area contributed by atoms with E-state index in [0.29, 0.717) is 0 Å². The monoisotopic (exact) mass is 113 g/mol. The summed E-state index contributed by atoms with van der Waals surface area (Å²) in [6, 6.07) is 0. The van der Waals surface area contributed by atoms with Gasteiger partial charge in [0.1, 0.15) is 0 Å². The predicted octanol–water partition coefficient (Wildman–Crippen LogP) is 0.266. The maximum Gasteiger partial charge on any atom is 0.330 e. The number of carboxylic acid groups (broad SMARTS) is 1. The van der Waals surface area contributed by atoms with Crippen LogP contribution in [0.2, 0.25) is 0 Å². The molecule has 0 atom stereocenters. The highest BCUT2D eigenvalue weighted by Gasteiger charge is 1.90. The number of aliphatic carboxylic acids is 1. The Kier molecular flexibility index (Phi) is 5.53. The summed E-state index contributed by atoms with van der Waals surface area (Å²) in [7, 11) is 0. The van der Waals surface area contributed by atoms with Crippen LogP contribution in [0, 0.1) is 0 Å². The summed E-state index contributed by atoms with van der Waals surface area (Å²) < 4.78 is 0. The quantitative estimate of drug-likeness (QED) is 0.391. The van der Waals surface area contributed by atoms with Gasteiger partial charge in [-0.25, -0.2) is 4.79 Å². The molecule has 0 aliphatic heterocycles. The Bertz CT molecular complexity index is 75.7. The van der Waals surface area contributed by atoms with Gasteiger partial charge in [-0.15, -0.1) is 0 Å². The van der Waals surface area contributed by atoms with E-state index in [-0.39, 0.29) is 22.9 Å². The summed E-state index contributed by atoms with van der Waals surface area (Å²) in [5.41, 5.74) is 0.176. The molecule has 0 rings (SSSR count). The third kappa shape index (κ3) is 5.74. The van der Waals surface area contributed by atoms with E-state index < -0.39 is 5.97 Å². The minimum Gasteiger partial charge on any atom is -0.478 e. The molecule has 0 bridgehead atoms. The third-order valence-corrected chi connectivity index (χ3v) is 0.365. The number of carbonyl (C=O) groups is 1. The van der Waals surface area contributed by atoms with Gasteiger partial charge in [-0.2, -0.15) is 0 Å². The molecule has 0 aliphatic carbocycles. The van der Waals surface area contributed by atoms with Gasteiger partial charge in [-0.3, -0.25) is 0 Å². The molecule has 0 heterocycles. The van der Waals surface area contributed by atoms with Crippen LogP contribution in [0.25, 0.3) is 0 Å². The lowest BCUT2D eigenvalue weighted by Crippen LogP contribution is -1.92. The molecule has 0 fully saturated rings. The lowest BCUT2D eigenvalue weighted by Gasteiger charge is -1.79. The van der Waals surface area contributed by atoms with E-state index in [4.69, 9.17) is 5.11 Å². The summed E-state index contributed by atoms with van der Waals surface area (Å²) in [4.78, 5) is 9.60. The first-order chi connectivity index (χ1) is 2.64. The van der Waals surface area contributed by atoms with E-state index in [9.17, 15) is 4.79 Å². The number of carboxylic acids is 1. The van der Waals surface area contributed by atoms with Gasteiger partial charge in [0.15, 0.2) is 0 Å². The Morgan fingerprint density at radius 1 is 1.71 bits per heavy atom. The molecule has 0 aromatic rings.